The van der Waals surface area contributed by atoms with Gasteiger partial charge in [0.25, 0.3) is 0 Å². The van der Waals surface area contributed by atoms with Crippen molar-refractivity contribution in [2.24, 2.45) is 0 Å². The van der Waals surface area contributed by atoms with Gasteiger partial charge in [0.2, 0.25) is 0 Å². The van der Waals surface area contributed by atoms with E-state index in [4.69, 9.17) is 9.15 Å². The SMILES string of the molecule is C=C1COC(c2ccc(C)o2)C1=C1CCCCC1. The molecule has 2 fully saturated rings. The van der Waals surface area contributed by atoms with Gasteiger partial charge in [0.1, 0.15) is 17.6 Å². The Labute approximate surface area is 108 Å². The molecule has 0 bridgehead atoms. The van der Waals surface area contributed by atoms with E-state index in [1.54, 1.807) is 5.57 Å². The quantitative estimate of drug-likeness (QED) is 0.727. The zero-order valence-corrected chi connectivity index (χ0v) is 11.0. The van der Waals surface area contributed by atoms with Crippen LogP contribution in [-0.4, -0.2) is 6.61 Å². The Morgan fingerprint density at radius 2 is 1.94 bits per heavy atom. The zero-order valence-electron chi connectivity index (χ0n) is 11.0. The Kier molecular flexibility index (Phi) is 3.13. The van der Waals surface area contributed by atoms with Crippen LogP contribution in [0.5, 0.6) is 0 Å². The number of allylic oxidation sites excluding steroid dienone is 1. The summed E-state index contributed by atoms with van der Waals surface area (Å²) >= 11 is 0. The Morgan fingerprint density at radius 1 is 1.17 bits per heavy atom. The zero-order chi connectivity index (χ0) is 12.5. The highest BCUT2D eigenvalue weighted by atomic mass is 16.5. The van der Waals surface area contributed by atoms with E-state index in [1.807, 2.05) is 19.1 Å². The van der Waals surface area contributed by atoms with E-state index < -0.39 is 0 Å². The van der Waals surface area contributed by atoms with Crippen molar-refractivity contribution >= 4 is 0 Å². The topological polar surface area (TPSA) is 22.4 Å². The fraction of sp³-hybridized carbons (Fsp3) is 0.500. The summed E-state index contributed by atoms with van der Waals surface area (Å²) in [5.74, 6) is 1.87. The summed E-state index contributed by atoms with van der Waals surface area (Å²) in [7, 11) is 0. The normalized spacial score (nSPS) is 24.9. The summed E-state index contributed by atoms with van der Waals surface area (Å²) in [5, 5.41) is 0. The van der Waals surface area contributed by atoms with Crippen LogP contribution in [-0.2, 0) is 4.74 Å². The predicted molar refractivity (Wildman–Crippen MR) is 71.4 cm³/mol. The van der Waals surface area contributed by atoms with Crippen LogP contribution < -0.4 is 0 Å². The summed E-state index contributed by atoms with van der Waals surface area (Å²) < 4.78 is 11.6. The van der Waals surface area contributed by atoms with Crippen LogP contribution in [0.4, 0.5) is 0 Å². The molecule has 0 N–H and O–H groups in total. The molecule has 96 valence electrons. The first-order valence-corrected chi connectivity index (χ1v) is 6.83. The van der Waals surface area contributed by atoms with Crippen LogP contribution >= 0.6 is 0 Å². The van der Waals surface area contributed by atoms with Gasteiger partial charge in [-0.3, -0.25) is 0 Å². The molecule has 1 aliphatic carbocycles. The number of furan rings is 1. The second-order valence-corrected chi connectivity index (χ2v) is 5.32. The average molecular weight is 244 g/mol. The Balaban J connectivity index is 1.96. The predicted octanol–water partition coefficient (Wildman–Crippen LogP) is 4.48. The van der Waals surface area contributed by atoms with Gasteiger partial charge in [0.15, 0.2) is 0 Å². The minimum atomic E-state index is -0.0145. The third-order valence-electron chi connectivity index (χ3n) is 3.92. The first-order valence-electron chi connectivity index (χ1n) is 6.83. The molecule has 1 saturated heterocycles. The molecule has 18 heavy (non-hydrogen) atoms. The molecule has 0 amide bonds. The van der Waals surface area contributed by atoms with Crippen molar-refractivity contribution in [3.05, 3.63) is 47.0 Å². The smallest absolute Gasteiger partial charge is 0.141 e. The second kappa shape index (κ2) is 4.77. The molecule has 2 heteroatoms. The molecule has 2 aliphatic rings. The van der Waals surface area contributed by atoms with Gasteiger partial charge in [0.05, 0.1) is 6.61 Å². The van der Waals surface area contributed by atoms with Gasteiger partial charge in [-0.25, -0.2) is 0 Å². The van der Waals surface area contributed by atoms with Gasteiger partial charge in [0, 0.05) is 0 Å². The largest absolute Gasteiger partial charge is 0.463 e. The van der Waals surface area contributed by atoms with Crippen LogP contribution in [0.3, 0.4) is 0 Å². The van der Waals surface area contributed by atoms with Crippen molar-refractivity contribution in [2.45, 2.75) is 45.1 Å². The van der Waals surface area contributed by atoms with E-state index in [0.29, 0.717) is 6.61 Å². The van der Waals surface area contributed by atoms with Crippen molar-refractivity contribution in [2.75, 3.05) is 6.61 Å². The van der Waals surface area contributed by atoms with Crippen LogP contribution in [0.1, 0.15) is 49.7 Å². The van der Waals surface area contributed by atoms with Crippen LogP contribution in [0.25, 0.3) is 0 Å². The van der Waals surface area contributed by atoms with Gasteiger partial charge in [-0.2, -0.15) is 0 Å². The van der Waals surface area contributed by atoms with Gasteiger partial charge in [-0.15, -0.1) is 0 Å². The average Bonchev–Trinajstić information content (AvgIpc) is 2.96. The highest BCUT2D eigenvalue weighted by Crippen LogP contribution is 2.42. The van der Waals surface area contributed by atoms with Crippen molar-refractivity contribution < 1.29 is 9.15 Å². The highest BCUT2D eigenvalue weighted by molar-refractivity contribution is 5.43. The van der Waals surface area contributed by atoms with Crippen molar-refractivity contribution in [3.63, 3.8) is 0 Å². The van der Waals surface area contributed by atoms with E-state index in [0.717, 1.165) is 17.1 Å². The maximum atomic E-state index is 5.88. The molecule has 0 spiro atoms. The second-order valence-electron chi connectivity index (χ2n) is 5.32. The van der Waals surface area contributed by atoms with Gasteiger partial charge in [-0.05, 0) is 55.9 Å². The summed E-state index contributed by atoms with van der Waals surface area (Å²) in [4.78, 5) is 0. The minimum Gasteiger partial charge on any atom is -0.463 e. The number of rotatable bonds is 1. The van der Waals surface area contributed by atoms with Gasteiger partial charge >= 0.3 is 0 Å². The monoisotopic (exact) mass is 244 g/mol. The lowest BCUT2D eigenvalue weighted by Crippen LogP contribution is -2.04. The summed E-state index contributed by atoms with van der Waals surface area (Å²) in [5.41, 5.74) is 4.01. The molecule has 1 saturated carbocycles. The Bertz CT molecular complexity index is 485. The highest BCUT2D eigenvalue weighted by Gasteiger charge is 2.31. The molecule has 1 unspecified atom stereocenters. The number of hydrogen-bond donors (Lipinski definition) is 0. The molecule has 1 atom stereocenters. The molecule has 2 heterocycles. The summed E-state index contributed by atoms with van der Waals surface area (Å²) in [6.07, 6.45) is 6.35. The molecule has 2 nitrogen and oxygen atoms in total. The maximum Gasteiger partial charge on any atom is 0.141 e. The molecular weight excluding hydrogens is 224 g/mol. The molecular formula is C16H20O2. The van der Waals surface area contributed by atoms with Crippen LogP contribution in [0.15, 0.2) is 39.8 Å². The van der Waals surface area contributed by atoms with E-state index >= 15 is 0 Å². The molecule has 1 aliphatic heterocycles. The van der Waals surface area contributed by atoms with Crippen LogP contribution in [0, 0.1) is 6.92 Å². The Hall–Kier alpha value is -1.28. The fourth-order valence-electron chi connectivity index (χ4n) is 3.03. The molecule has 1 aromatic heterocycles. The number of aryl methyl sites for hydroxylation is 1. The van der Waals surface area contributed by atoms with Crippen molar-refractivity contribution in [1.82, 2.24) is 0 Å². The first-order chi connectivity index (χ1) is 8.75. The molecule has 0 radical (unpaired) electrons. The lowest BCUT2D eigenvalue weighted by atomic mass is 9.87. The maximum absolute atomic E-state index is 5.88. The van der Waals surface area contributed by atoms with E-state index in [1.165, 1.54) is 37.7 Å². The summed E-state index contributed by atoms with van der Waals surface area (Å²) in [6.45, 7) is 6.78. The van der Waals surface area contributed by atoms with Crippen LogP contribution in [0.2, 0.25) is 0 Å². The first kappa shape index (κ1) is 11.8. The number of ether oxygens (including phenoxy) is 1. The third kappa shape index (κ3) is 2.05. The summed E-state index contributed by atoms with van der Waals surface area (Å²) in [6, 6.07) is 4.03. The third-order valence-corrected chi connectivity index (χ3v) is 3.92. The molecule has 1 aromatic rings. The van der Waals surface area contributed by atoms with E-state index in [2.05, 4.69) is 6.58 Å². The van der Waals surface area contributed by atoms with Gasteiger partial charge in [-0.1, -0.05) is 18.6 Å². The van der Waals surface area contributed by atoms with Crippen molar-refractivity contribution in [3.8, 4) is 0 Å². The Morgan fingerprint density at radius 3 is 2.61 bits per heavy atom. The van der Waals surface area contributed by atoms with Gasteiger partial charge < -0.3 is 9.15 Å². The molecule has 0 aromatic carbocycles. The standard InChI is InChI=1S/C16H20O2/c1-11-10-17-16(14-9-8-12(2)18-14)15(11)13-6-4-3-5-7-13/h8-9,16H,1,3-7,10H2,2H3. The lowest BCUT2D eigenvalue weighted by Gasteiger charge is -2.19. The lowest BCUT2D eigenvalue weighted by molar-refractivity contribution is 0.111. The molecule has 3 rings (SSSR count). The van der Waals surface area contributed by atoms with E-state index in [9.17, 15) is 0 Å². The van der Waals surface area contributed by atoms with E-state index in [-0.39, 0.29) is 6.10 Å². The number of hydrogen-bond acceptors (Lipinski definition) is 2. The minimum absolute atomic E-state index is 0.0145. The van der Waals surface area contributed by atoms with Crippen molar-refractivity contribution in [1.29, 1.82) is 0 Å². The fourth-order valence-corrected chi connectivity index (χ4v) is 3.03.